The Labute approximate surface area is 160 Å². The number of nitrogens with zero attached hydrogens (tertiary/aromatic N) is 2. The van der Waals surface area contributed by atoms with Crippen molar-refractivity contribution in [3.63, 3.8) is 0 Å². The molecule has 0 spiro atoms. The zero-order valence-electron chi connectivity index (χ0n) is 15.9. The lowest BCUT2D eigenvalue weighted by atomic mass is 10.1. The van der Waals surface area contributed by atoms with Crippen molar-refractivity contribution in [1.82, 2.24) is 4.98 Å². The summed E-state index contributed by atoms with van der Waals surface area (Å²) in [7, 11) is -2.95. The van der Waals surface area contributed by atoms with Crippen molar-refractivity contribution >= 4 is 27.1 Å². The van der Waals surface area contributed by atoms with Crippen molar-refractivity contribution in [2.75, 3.05) is 28.3 Å². The van der Waals surface area contributed by atoms with Crippen molar-refractivity contribution in [1.29, 1.82) is 0 Å². The monoisotopic (exact) mass is 387 g/mol. The van der Waals surface area contributed by atoms with Crippen LogP contribution in [0.5, 0.6) is 0 Å². The summed E-state index contributed by atoms with van der Waals surface area (Å²) >= 11 is 0. The summed E-state index contributed by atoms with van der Waals surface area (Å²) in [5, 5.41) is 2.86. The minimum absolute atomic E-state index is 0.0305. The van der Waals surface area contributed by atoms with Gasteiger partial charge in [0.15, 0.2) is 9.84 Å². The van der Waals surface area contributed by atoms with Gasteiger partial charge in [-0.3, -0.25) is 4.79 Å². The molecule has 2 aromatic rings. The van der Waals surface area contributed by atoms with Gasteiger partial charge in [0, 0.05) is 18.3 Å². The standard InChI is InChI=1S/C20H25N3O3S/c1-4-23(18-9-10-27(25,26)13-18)17-7-8-19(21-12-17)20(24)22-16-6-5-14(2)15(3)11-16/h5-8,11-12,18H,4,9-10,13H2,1-3H3,(H,22,24). The second-order valence-electron chi connectivity index (χ2n) is 7.00. The van der Waals surface area contributed by atoms with Gasteiger partial charge in [-0.15, -0.1) is 0 Å². The van der Waals surface area contributed by atoms with Crippen molar-refractivity contribution in [2.24, 2.45) is 0 Å². The van der Waals surface area contributed by atoms with Crippen LogP contribution >= 0.6 is 0 Å². The maximum Gasteiger partial charge on any atom is 0.274 e. The molecule has 1 saturated heterocycles. The fourth-order valence-electron chi connectivity index (χ4n) is 3.38. The highest BCUT2D eigenvalue weighted by Gasteiger charge is 2.32. The van der Waals surface area contributed by atoms with Gasteiger partial charge in [0.25, 0.3) is 5.91 Å². The zero-order valence-corrected chi connectivity index (χ0v) is 16.7. The third-order valence-corrected chi connectivity index (χ3v) is 6.82. The molecule has 7 heteroatoms. The van der Waals surface area contributed by atoms with Crippen molar-refractivity contribution < 1.29 is 13.2 Å². The Morgan fingerprint density at radius 3 is 2.56 bits per heavy atom. The van der Waals surface area contributed by atoms with Gasteiger partial charge in [-0.2, -0.15) is 0 Å². The second kappa shape index (κ2) is 7.68. The first-order valence-electron chi connectivity index (χ1n) is 9.11. The molecular weight excluding hydrogens is 362 g/mol. The van der Waals surface area contributed by atoms with Crippen LogP contribution in [0.15, 0.2) is 36.5 Å². The number of carbonyl (C=O) groups is 1. The van der Waals surface area contributed by atoms with E-state index in [1.165, 1.54) is 5.56 Å². The van der Waals surface area contributed by atoms with Crippen LogP contribution in [0.2, 0.25) is 0 Å². The number of pyridine rings is 1. The van der Waals surface area contributed by atoms with E-state index in [9.17, 15) is 13.2 Å². The average molecular weight is 388 g/mol. The molecular formula is C20H25N3O3S. The summed E-state index contributed by atoms with van der Waals surface area (Å²) in [6, 6.07) is 9.25. The molecule has 1 aromatic carbocycles. The van der Waals surface area contributed by atoms with E-state index in [0.29, 0.717) is 18.7 Å². The van der Waals surface area contributed by atoms with Gasteiger partial charge in [-0.25, -0.2) is 13.4 Å². The predicted molar refractivity (Wildman–Crippen MR) is 108 cm³/mol. The number of hydrogen-bond donors (Lipinski definition) is 1. The van der Waals surface area contributed by atoms with E-state index in [1.807, 2.05) is 49.9 Å². The molecule has 27 heavy (non-hydrogen) atoms. The van der Waals surface area contributed by atoms with Crippen LogP contribution in [-0.2, 0) is 9.84 Å². The second-order valence-corrected chi connectivity index (χ2v) is 9.23. The van der Waals surface area contributed by atoms with Gasteiger partial charge in [-0.05, 0) is 62.6 Å². The first kappa shape index (κ1) is 19.4. The van der Waals surface area contributed by atoms with E-state index in [0.717, 1.165) is 16.9 Å². The minimum Gasteiger partial charge on any atom is -0.367 e. The number of aromatic nitrogens is 1. The molecule has 0 saturated carbocycles. The molecule has 1 fully saturated rings. The van der Waals surface area contributed by atoms with E-state index >= 15 is 0 Å². The average Bonchev–Trinajstić information content (AvgIpc) is 2.99. The van der Waals surface area contributed by atoms with Gasteiger partial charge in [0.05, 0.1) is 23.4 Å². The smallest absolute Gasteiger partial charge is 0.274 e. The Morgan fingerprint density at radius 1 is 1.22 bits per heavy atom. The molecule has 1 unspecified atom stereocenters. The quantitative estimate of drug-likeness (QED) is 0.853. The molecule has 3 rings (SSSR count). The summed E-state index contributed by atoms with van der Waals surface area (Å²) in [5.41, 5.74) is 4.18. The van der Waals surface area contributed by atoms with Crippen LogP contribution in [-0.4, -0.2) is 43.4 Å². The number of carbonyl (C=O) groups excluding carboxylic acids is 1. The first-order valence-corrected chi connectivity index (χ1v) is 10.9. The number of rotatable bonds is 5. The molecule has 0 radical (unpaired) electrons. The van der Waals surface area contributed by atoms with Crippen LogP contribution in [0.3, 0.4) is 0 Å². The Bertz CT molecular complexity index is 939. The number of anilines is 2. The topological polar surface area (TPSA) is 79.4 Å². The number of hydrogen-bond acceptors (Lipinski definition) is 5. The fourth-order valence-corrected chi connectivity index (χ4v) is 5.11. The van der Waals surface area contributed by atoms with Gasteiger partial charge in [0.1, 0.15) is 5.69 Å². The van der Waals surface area contributed by atoms with Gasteiger partial charge >= 0.3 is 0 Å². The van der Waals surface area contributed by atoms with Crippen LogP contribution in [0, 0.1) is 13.8 Å². The lowest BCUT2D eigenvalue weighted by Crippen LogP contribution is -2.36. The highest BCUT2D eigenvalue weighted by molar-refractivity contribution is 7.91. The summed E-state index contributed by atoms with van der Waals surface area (Å²) in [6.45, 7) is 6.71. The molecule has 1 aromatic heterocycles. The van der Waals surface area contributed by atoms with Gasteiger partial charge in [-0.1, -0.05) is 6.07 Å². The van der Waals surface area contributed by atoms with Gasteiger partial charge in [0.2, 0.25) is 0 Å². The third kappa shape index (κ3) is 4.47. The number of nitrogens with one attached hydrogen (secondary N) is 1. The Hall–Kier alpha value is -2.41. The van der Waals surface area contributed by atoms with Crippen LogP contribution in [0.25, 0.3) is 0 Å². The van der Waals surface area contributed by atoms with Crippen molar-refractivity contribution in [2.45, 2.75) is 33.2 Å². The maximum absolute atomic E-state index is 12.4. The highest BCUT2D eigenvalue weighted by Crippen LogP contribution is 2.24. The van der Waals surface area contributed by atoms with E-state index in [-0.39, 0.29) is 23.5 Å². The zero-order chi connectivity index (χ0) is 19.6. The molecule has 2 heterocycles. The van der Waals surface area contributed by atoms with E-state index in [1.54, 1.807) is 12.3 Å². The van der Waals surface area contributed by atoms with Crippen LogP contribution in [0.4, 0.5) is 11.4 Å². The van der Waals surface area contributed by atoms with Crippen molar-refractivity contribution in [3.8, 4) is 0 Å². The van der Waals surface area contributed by atoms with E-state index < -0.39 is 9.84 Å². The van der Waals surface area contributed by atoms with Gasteiger partial charge < -0.3 is 10.2 Å². The number of aryl methyl sites for hydroxylation is 2. The molecule has 1 aliphatic rings. The lowest BCUT2D eigenvalue weighted by Gasteiger charge is -2.28. The molecule has 1 N–H and O–H groups in total. The third-order valence-electron chi connectivity index (χ3n) is 5.07. The van der Waals surface area contributed by atoms with E-state index in [2.05, 4.69) is 10.3 Å². The highest BCUT2D eigenvalue weighted by atomic mass is 32.2. The molecule has 0 bridgehead atoms. The first-order chi connectivity index (χ1) is 12.8. The Kier molecular flexibility index (Phi) is 5.51. The molecule has 144 valence electrons. The number of benzene rings is 1. The largest absolute Gasteiger partial charge is 0.367 e. The molecule has 1 aliphatic heterocycles. The fraction of sp³-hybridized carbons (Fsp3) is 0.400. The number of sulfone groups is 1. The van der Waals surface area contributed by atoms with Crippen molar-refractivity contribution in [3.05, 3.63) is 53.3 Å². The predicted octanol–water partition coefficient (Wildman–Crippen LogP) is 2.96. The summed E-state index contributed by atoms with van der Waals surface area (Å²) in [4.78, 5) is 18.8. The summed E-state index contributed by atoms with van der Waals surface area (Å²) < 4.78 is 23.5. The maximum atomic E-state index is 12.4. The van der Waals surface area contributed by atoms with E-state index in [4.69, 9.17) is 0 Å². The molecule has 6 nitrogen and oxygen atoms in total. The van der Waals surface area contributed by atoms with Crippen LogP contribution < -0.4 is 10.2 Å². The normalized spacial score (nSPS) is 18.3. The summed E-state index contributed by atoms with van der Waals surface area (Å²) in [5.74, 6) is 0.143. The number of amides is 1. The lowest BCUT2D eigenvalue weighted by molar-refractivity contribution is 0.102. The SMILES string of the molecule is CCN(c1ccc(C(=O)Nc2ccc(C)c(C)c2)nc1)C1CCS(=O)(=O)C1. The minimum atomic E-state index is -2.95. The van der Waals surface area contributed by atoms with Crippen LogP contribution in [0.1, 0.15) is 35.0 Å². The molecule has 0 aliphatic carbocycles. The Morgan fingerprint density at radius 2 is 2.00 bits per heavy atom. The summed E-state index contributed by atoms with van der Waals surface area (Å²) in [6.07, 6.45) is 2.27. The molecule has 1 amide bonds. The Balaban J connectivity index is 1.72. The molecule has 1 atom stereocenters.